The summed E-state index contributed by atoms with van der Waals surface area (Å²) in [6, 6.07) is 7.65. The molecule has 0 saturated heterocycles. The minimum Gasteiger partial charge on any atom is -0.283 e. The number of aromatic nitrogens is 2. The summed E-state index contributed by atoms with van der Waals surface area (Å²) in [5.74, 6) is -0.963. The molecule has 1 atom stereocenters. The third-order valence-electron chi connectivity index (χ3n) is 3.38. The molecule has 1 aliphatic heterocycles. The van der Waals surface area contributed by atoms with Gasteiger partial charge in [0.2, 0.25) is 0 Å². The third kappa shape index (κ3) is 2.15. The predicted molar refractivity (Wildman–Crippen MR) is 76.1 cm³/mol. The van der Waals surface area contributed by atoms with Crippen LogP contribution in [0, 0.1) is 0 Å². The lowest BCUT2D eigenvalue weighted by Crippen LogP contribution is -2.47. The number of nitrogens with zero attached hydrogens (tertiary/aromatic N) is 2. The number of benzene rings is 1. The SMILES string of the molecule is CC(NN1C(=O)c2ccccc2C1=O)n1ccc(=O)[nH]c1=O. The number of H-pyrrole nitrogens is 1. The van der Waals surface area contributed by atoms with Crippen LogP contribution in [0.5, 0.6) is 0 Å². The lowest BCUT2D eigenvalue weighted by molar-refractivity contribution is 0.0506. The minimum absolute atomic E-state index is 0.306. The van der Waals surface area contributed by atoms with Crippen LogP contribution in [0.25, 0.3) is 0 Å². The highest BCUT2D eigenvalue weighted by Gasteiger charge is 2.36. The molecule has 0 spiro atoms. The largest absolute Gasteiger partial charge is 0.329 e. The van der Waals surface area contributed by atoms with Crippen molar-refractivity contribution in [3.8, 4) is 0 Å². The van der Waals surface area contributed by atoms with Crippen LogP contribution in [-0.2, 0) is 0 Å². The first-order valence-electron chi connectivity index (χ1n) is 6.54. The molecule has 2 amide bonds. The average molecular weight is 300 g/mol. The van der Waals surface area contributed by atoms with E-state index in [2.05, 4.69) is 10.4 Å². The number of aromatic amines is 1. The van der Waals surface area contributed by atoms with Crippen LogP contribution < -0.4 is 16.7 Å². The molecule has 2 N–H and O–H groups in total. The third-order valence-corrected chi connectivity index (χ3v) is 3.38. The Morgan fingerprint density at radius 3 is 2.14 bits per heavy atom. The van der Waals surface area contributed by atoms with Crippen LogP contribution in [0.2, 0.25) is 0 Å². The predicted octanol–water partition coefficient (Wildman–Crippen LogP) is -0.144. The van der Waals surface area contributed by atoms with Crippen molar-refractivity contribution in [3.63, 3.8) is 0 Å². The zero-order chi connectivity index (χ0) is 15.9. The van der Waals surface area contributed by atoms with Gasteiger partial charge in [-0.1, -0.05) is 12.1 Å². The van der Waals surface area contributed by atoms with Crippen molar-refractivity contribution in [1.29, 1.82) is 0 Å². The van der Waals surface area contributed by atoms with E-state index in [4.69, 9.17) is 0 Å². The van der Waals surface area contributed by atoms with Gasteiger partial charge in [0, 0.05) is 12.3 Å². The van der Waals surface area contributed by atoms with Gasteiger partial charge < -0.3 is 0 Å². The summed E-state index contributed by atoms with van der Waals surface area (Å²) in [5, 5.41) is 0.868. The van der Waals surface area contributed by atoms with E-state index in [1.54, 1.807) is 31.2 Å². The monoisotopic (exact) mass is 300 g/mol. The van der Waals surface area contributed by atoms with Crippen molar-refractivity contribution in [2.75, 3.05) is 0 Å². The van der Waals surface area contributed by atoms with Crippen LogP contribution in [0.15, 0.2) is 46.1 Å². The van der Waals surface area contributed by atoms with Crippen molar-refractivity contribution in [3.05, 3.63) is 68.5 Å². The number of fused-ring (bicyclic) bond motifs is 1. The number of imide groups is 1. The van der Waals surface area contributed by atoms with E-state index in [0.717, 1.165) is 5.01 Å². The van der Waals surface area contributed by atoms with Gasteiger partial charge in [-0.05, 0) is 19.1 Å². The molecule has 8 heteroatoms. The number of carbonyl (C=O) groups is 2. The molecule has 1 unspecified atom stereocenters. The Balaban J connectivity index is 1.88. The van der Waals surface area contributed by atoms with Crippen LogP contribution >= 0.6 is 0 Å². The fourth-order valence-electron chi connectivity index (χ4n) is 2.29. The van der Waals surface area contributed by atoms with E-state index >= 15 is 0 Å². The maximum absolute atomic E-state index is 12.2. The molecule has 0 fully saturated rings. The number of rotatable bonds is 3. The summed E-state index contributed by atoms with van der Waals surface area (Å²) >= 11 is 0. The summed E-state index contributed by atoms with van der Waals surface area (Å²) in [7, 11) is 0. The van der Waals surface area contributed by atoms with E-state index in [-0.39, 0.29) is 0 Å². The van der Waals surface area contributed by atoms with Gasteiger partial charge in [0.25, 0.3) is 17.4 Å². The summed E-state index contributed by atoms with van der Waals surface area (Å²) in [4.78, 5) is 49.3. The maximum atomic E-state index is 12.2. The molecule has 22 heavy (non-hydrogen) atoms. The van der Waals surface area contributed by atoms with Gasteiger partial charge in [0.15, 0.2) is 0 Å². The summed E-state index contributed by atoms with van der Waals surface area (Å²) in [6.45, 7) is 1.59. The molecule has 1 aliphatic rings. The molecule has 1 aromatic carbocycles. The molecule has 112 valence electrons. The Bertz CT molecular complexity index is 848. The first-order chi connectivity index (χ1) is 10.5. The Morgan fingerprint density at radius 2 is 1.59 bits per heavy atom. The number of hydrazine groups is 1. The van der Waals surface area contributed by atoms with Crippen LogP contribution in [-0.4, -0.2) is 26.4 Å². The molecule has 8 nitrogen and oxygen atoms in total. The molecule has 0 bridgehead atoms. The molecule has 2 aromatic rings. The standard InChI is InChI=1S/C14H12N4O4/c1-8(17-7-6-11(19)15-14(17)22)16-18-12(20)9-4-2-3-5-10(9)13(18)21/h2-8,16H,1H3,(H,15,19,22). The number of nitrogens with one attached hydrogen (secondary N) is 2. The van der Waals surface area contributed by atoms with E-state index in [1.807, 2.05) is 0 Å². The first-order valence-corrected chi connectivity index (χ1v) is 6.54. The Hall–Kier alpha value is -3.00. The average Bonchev–Trinajstić information content (AvgIpc) is 2.73. The first kappa shape index (κ1) is 14.0. The molecular formula is C14H12N4O4. The smallest absolute Gasteiger partial charge is 0.283 e. The molecule has 0 saturated carbocycles. The van der Waals surface area contributed by atoms with E-state index < -0.39 is 29.2 Å². The lowest BCUT2D eigenvalue weighted by Gasteiger charge is -2.22. The van der Waals surface area contributed by atoms with Gasteiger partial charge in [-0.3, -0.25) is 23.9 Å². The van der Waals surface area contributed by atoms with Crippen LogP contribution in [0.4, 0.5) is 0 Å². The molecule has 3 rings (SSSR count). The fraction of sp³-hybridized carbons (Fsp3) is 0.143. The zero-order valence-corrected chi connectivity index (χ0v) is 11.6. The highest BCUT2D eigenvalue weighted by Crippen LogP contribution is 2.21. The highest BCUT2D eigenvalue weighted by atomic mass is 16.2. The fourth-order valence-corrected chi connectivity index (χ4v) is 2.29. The van der Waals surface area contributed by atoms with Crippen molar-refractivity contribution < 1.29 is 9.59 Å². The van der Waals surface area contributed by atoms with Crippen molar-refractivity contribution in [2.45, 2.75) is 13.1 Å². The summed E-state index contributed by atoms with van der Waals surface area (Å²) in [5.41, 5.74) is 2.14. The topological polar surface area (TPSA) is 104 Å². The molecular weight excluding hydrogens is 288 g/mol. The van der Waals surface area contributed by atoms with Gasteiger partial charge in [0.1, 0.15) is 6.17 Å². The highest BCUT2D eigenvalue weighted by molar-refractivity contribution is 6.20. The number of hydrogen-bond acceptors (Lipinski definition) is 5. The second-order valence-corrected chi connectivity index (χ2v) is 4.81. The lowest BCUT2D eigenvalue weighted by atomic mass is 10.1. The summed E-state index contributed by atoms with van der Waals surface area (Å²) in [6.07, 6.45) is 0.586. The second kappa shape index (κ2) is 5.08. The number of amides is 2. The van der Waals surface area contributed by atoms with Crippen molar-refractivity contribution in [1.82, 2.24) is 20.0 Å². The Kier molecular flexibility index (Phi) is 3.22. The molecule has 2 heterocycles. The van der Waals surface area contributed by atoms with E-state index in [9.17, 15) is 19.2 Å². The van der Waals surface area contributed by atoms with Gasteiger partial charge in [0.05, 0.1) is 11.1 Å². The quantitative estimate of drug-likeness (QED) is 0.767. The van der Waals surface area contributed by atoms with Crippen molar-refractivity contribution >= 4 is 11.8 Å². The summed E-state index contributed by atoms with van der Waals surface area (Å²) < 4.78 is 1.17. The maximum Gasteiger partial charge on any atom is 0.329 e. The minimum atomic E-state index is -0.702. The van der Waals surface area contributed by atoms with Crippen molar-refractivity contribution in [2.24, 2.45) is 0 Å². The Morgan fingerprint density at radius 1 is 1.00 bits per heavy atom. The molecule has 0 aliphatic carbocycles. The number of hydrogen-bond donors (Lipinski definition) is 2. The molecule has 1 aromatic heterocycles. The second-order valence-electron chi connectivity index (χ2n) is 4.81. The molecule has 0 radical (unpaired) electrons. The van der Waals surface area contributed by atoms with E-state index in [0.29, 0.717) is 11.1 Å². The van der Waals surface area contributed by atoms with Crippen LogP contribution in [0.3, 0.4) is 0 Å². The Labute approximate surface area is 124 Å². The zero-order valence-electron chi connectivity index (χ0n) is 11.6. The van der Waals surface area contributed by atoms with E-state index in [1.165, 1.54) is 16.8 Å². The van der Waals surface area contributed by atoms with Gasteiger partial charge in [-0.2, -0.15) is 0 Å². The van der Waals surface area contributed by atoms with Gasteiger partial charge in [-0.15, -0.1) is 0 Å². The normalized spacial score (nSPS) is 15.0. The van der Waals surface area contributed by atoms with Gasteiger partial charge >= 0.3 is 5.69 Å². The number of carbonyl (C=O) groups excluding carboxylic acids is 2. The van der Waals surface area contributed by atoms with Gasteiger partial charge in [-0.25, -0.2) is 15.2 Å². The van der Waals surface area contributed by atoms with Crippen LogP contribution in [0.1, 0.15) is 33.8 Å².